The standard InChI is InChI=1S/C13H20O4/c1-2-3-4-6-9-7-5-8-10(9)11(12(14)15)13(16)17/h7,10-11H,2-6,8H2,1H3,(H,14,15)(H,16,17)/p-2. The van der Waals surface area contributed by atoms with Crippen molar-refractivity contribution in [2.75, 3.05) is 0 Å². The Morgan fingerprint density at radius 1 is 1.35 bits per heavy atom. The van der Waals surface area contributed by atoms with Gasteiger partial charge in [-0.2, -0.15) is 0 Å². The molecule has 0 bridgehead atoms. The molecule has 0 radical (unpaired) electrons. The van der Waals surface area contributed by atoms with Crippen molar-refractivity contribution in [3.05, 3.63) is 11.6 Å². The highest BCUT2D eigenvalue weighted by Gasteiger charge is 2.29. The summed E-state index contributed by atoms with van der Waals surface area (Å²) < 4.78 is 0. The van der Waals surface area contributed by atoms with Gasteiger partial charge in [-0.1, -0.05) is 31.4 Å². The highest BCUT2D eigenvalue weighted by molar-refractivity contribution is 5.91. The molecule has 0 N–H and O–H groups in total. The Balaban J connectivity index is 2.65. The lowest BCUT2D eigenvalue weighted by atomic mass is 9.84. The van der Waals surface area contributed by atoms with Gasteiger partial charge in [-0.05, 0) is 31.6 Å². The lowest BCUT2D eigenvalue weighted by Gasteiger charge is -2.27. The maximum atomic E-state index is 10.8. The second-order valence-electron chi connectivity index (χ2n) is 4.54. The topological polar surface area (TPSA) is 80.3 Å². The molecule has 0 aromatic rings. The molecule has 0 amide bonds. The van der Waals surface area contributed by atoms with Crippen LogP contribution in [0.4, 0.5) is 0 Å². The molecule has 96 valence electrons. The van der Waals surface area contributed by atoms with E-state index in [1.807, 2.05) is 6.08 Å². The van der Waals surface area contributed by atoms with Crippen LogP contribution in [-0.4, -0.2) is 11.9 Å². The number of hydrogen-bond acceptors (Lipinski definition) is 4. The first-order valence-corrected chi connectivity index (χ1v) is 6.18. The van der Waals surface area contributed by atoms with E-state index in [4.69, 9.17) is 0 Å². The van der Waals surface area contributed by atoms with E-state index in [0.717, 1.165) is 37.7 Å². The molecule has 0 saturated heterocycles. The van der Waals surface area contributed by atoms with Crippen LogP contribution >= 0.6 is 0 Å². The smallest absolute Gasteiger partial charge is 0.0507 e. The third-order valence-electron chi connectivity index (χ3n) is 3.34. The number of aliphatic carboxylic acids is 2. The van der Waals surface area contributed by atoms with Gasteiger partial charge < -0.3 is 19.8 Å². The summed E-state index contributed by atoms with van der Waals surface area (Å²) in [5, 5.41) is 21.7. The molecule has 0 heterocycles. The van der Waals surface area contributed by atoms with Crippen LogP contribution in [0.3, 0.4) is 0 Å². The van der Waals surface area contributed by atoms with Crippen LogP contribution in [0, 0.1) is 11.8 Å². The monoisotopic (exact) mass is 238 g/mol. The molecule has 0 aromatic carbocycles. The van der Waals surface area contributed by atoms with E-state index >= 15 is 0 Å². The summed E-state index contributed by atoms with van der Waals surface area (Å²) in [6.07, 6.45) is 7.23. The van der Waals surface area contributed by atoms with Crippen LogP contribution in [0.5, 0.6) is 0 Å². The van der Waals surface area contributed by atoms with Crippen molar-refractivity contribution in [2.24, 2.45) is 11.8 Å². The van der Waals surface area contributed by atoms with Gasteiger partial charge in [0.15, 0.2) is 0 Å². The minimum absolute atomic E-state index is 0.429. The second-order valence-corrected chi connectivity index (χ2v) is 4.54. The summed E-state index contributed by atoms with van der Waals surface area (Å²) in [7, 11) is 0. The van der Waals surface area contributed by atoms with Gasteiger partial charge in [0.2, 0.25) is 0 Å². The zero-order valence-electron chi connectivity index (χ0n) is 10.1. The Labute approximate surface area is 101 Å². The maximum absolute atomic E-state index is 10.8. The van der Waals surface area contributed by atoms with Crippen LogP contribution in [0.15, 0.2) is 11.6 Å². The lowest BCUT2D eigenvalue weighted by Crippen LogP contribution is -2.47. The molecule has 4 heteroatoms. The fourth-order valence-corrected chi connectivity index (χ4v) is 2.46. The molecule has 0 aromatic heterocycles. The summed E-state index contributed by atoms with van der Waals surface area (Å²) in [4.78, 5) is 21.7. The number of carboxylic acids is 2. The number of allylic oxidation sites excluding steroid dienone is 2. The summed E-state index contributed by atoms with van der Waals surface area (Å²) in [6.45, 7) is 2.09. The fourth-order valence-electron chi connectivity index (χ4n) is 2.46. The molecule has 1 aliphatic rings. The normalized spacial score (nSPS) is 19.4. The van der Waals surface area contributed by atoms with E-state index in [1.165, 1.54) is 0 Å². The van der Waals surface area contributed by atoms with Gasteiger partial charge in [0.05, 0.1) is 11.9 Å². The summed E-state index contributed by atoms with van der Waals surface area (Å²) in [6, 6.07) is 0. The first-order chi connectivity index (χ1) is 8.07. The largest absolute Gasteiger partial charge is 0.549 e. The SMILES string of the molecule is CCCCCC1=CCCC1C(C(=O)[O-])C(=O)[O-]. The van der Waals surface area contributed by atoms with Gasteiger partial charge in [0.1, 0.15) is 0 Å². The van der Waals surface area contributed by atoms with E-state index < -0.39 is 23.8 Å². The van der Waals surface area contributed by atoms with Crippen molar-refractivity contribution in [3.8, 4) is 0 Å². The fraction of sp³-hybridized carbons (Fsp3) is 0.692. The summed E-state index contributed by atoms with van der Waals surface area (Å²) in [5.41, 5.74) is 0.955. The van der Waals surface area contributed by atoms with Crippen molar-refractivity contribution >= 4 is 11.9 Å². The van der Waals surface area contributed by atoms with E-state index in [0.29, 0.717) is 6.42 Å². The Hall–Kier alpha value is -1.32. The Bertz CT molecular complexity index is 305. The van der Waals surface area contributed by atoms with Gasteiger partial charge in [0, 0.05) is 5.92 Å². The highest BCUT2D eigenvalue weighted by atomic mass is 16.4. The molecule has 1 atom stereocenters. The first-order valence-electron chi connectivity index (χ1n) is 6.18. The molecule has 4 nitrogen and oxygen atoms in total. The van der Waals surface area contributed by atoms with E-state index in [1.54, 1.807) is 0 Å². The Morgan fingerprint density at radius 3 is 2.53 bits per heavy atom. The zero-order valence-corrected chi connectivity index (χ0v) is 10.1. The van der Waals surface area contributed by atoms with Gasteiger partial charge in [0.25, 0.3) is 0 Å². The molecular formula is C13H18O4-2. The van der Waals surface area contributed by atoms with Crippen LogP contribution in [0.25, 0.3) is 0 Å². The minimum atomic E-state index is -1.53. The van der Waals surface area contributed by atoms with Crippen LogP contribution in [0.2, 0.25) is 0 Å². The molecular weight excluding hydrogens is 220 g/mol. The van der Waals surface area contributed by atoms with Gasteiger partial charge in [-0.3, -0.25) is 0 Å². The minimum Gasteiger partial charge on any atom is -0.549 e. The number of unbranched alkanes of at least 4 members (excludes halogenated alkanes) is 2. The first kappa shape index (κ1) is 13.7. The molecule has 0 aliphatic heterocycles. The third kappa shape index (κ3) is 3.58. The average molecular weight is 238 g/mol. The third-order valence-corrected chi connectivity index (χ3v) is 3.34. The van der Waals surface area contributed by atoms with Crippen LogP contribution < -0.4 is 10.2 Å². The van der Waals surface area contributed by atoms with Crippen LogP contribution in [0.1, 0.15) is 45.4 Å². The highest BCUT2D eigenvalue weighted by Crippen LogP contribution is 2.35. The van der Waals surface area contributed by atoms with Gasteiger partial charge in [-0.25, -0.2) is 0 Å². The van der Waals surface area contributed by atoms with Crippen molar-refractivity contribution in [3.63, 3.8) is 0 Å². The van der Waals surface area contributed by atoms with Crippen LogP contribution in [-0.2, 0) is 9.59 Å². The number of rotatable bonds is 7. The lowest BCUT2D eigenvalue weighted by molar-refractivity contribution is -0.333. The Kier molecular flexibility index (Phi) is 5.19. The summed E-state index contributed by atoms with van der Waals surface area (Å²) >= 11 is 0. The molecule has 0 saturated carbocycles. The van der Waals surface area contributed by atoms with E-state index in [9.17, 15) is 19.8 Å². The van der Waals surface area contributed by atoms with Crippen molar-refractivity contribution < 1.29 is 19.8 Å². The second kappa shape index (κ2) is 6.42. The number of carboxylic acid groups (broad SMARTS) is 2. The van der Waals surface area contributed by atoms with Gasteiger partial charge >= 0.3 is 0 Å². The molecule has 0 fully saturated rings. The Morgan fingerprint density at radius 2 is 2.00 bits per heavy atom. The summed E-state index contributed by atoms with van der Waals surface area (Å²) in [5.74, 6) is -4.98. The van der Waals surface area contributed by atoms with E-state index in [-0.39, 0.29) is 0 Å². The average Bonchev–Trinajstić information content (AvgIpc) is 2.66. The predicted molar refractivity (Wildman–Crippen MR) is 58.5 cm³/mol. The molecule has 17 heavy (non-hydrogen) atoms. The number of carbonyl (C=O) groups is 2. The molecule has 1 unspecified atom stereocenters. The van der Waals surface area contributed by atoms with Crippen molar-refractivity contribution in [2.45, 2.75) is 45.4 Å². The number of carbonyl (C=O) groups excluding carboxylic acids is 2. The van der Waals surface area contributed by atoms with Gasteiger partial charge in [-0.15, -0.1) is 0 Å². The molecule has 0 spiro atoms. The van der Waals surface area contributed by atoms with Crippen molar-refractivity contribution in [1.29, 1.82) is 0 Å². The molecule has 1 aliphatic carbocycles. The van der Waals surface area contributed by atoms with Crippen molar-refractivity contribution in [1.82, 2.24) is 0 Å². The quantitative estimate of drug-likeness (QED) is 0.356. The predicted octanol–water partition coefficient (Wildman–Crippen LogP) is 0.0191. The van der Waals surface area contributed by atoms with E-state index in [2.05, 4.69) is 6.92 Å². The molecule has 1 rings (SSSR count). The number of hydrogen-bond donors (Lipinski definition) is 0. The maximum Gasteiger partial charge on any atom is 0.0507 e. The zero-order chi connectivity index (χ0) is 12.8.